The van der Waals surface area contributed by atoms with Gasteiger partial charge in [0.2, 0.25) is 5.91 Å². The van der Waals surface area contributed by atoms with Crippen molar-refractivity contribution in [2.24, 2.45) is 11.8 Å². The molecule has 178 valence electrons. The molecule has 0 radical (unpaired) electrons. The van der Waals surface area contributed by atoms with E-state index in [0.29, 0.717) is 22.8 Å². The van der Waals surface area contributed by atoms with E-state index in [0.717, 1.165) is 37.9 Å². The Balaban J connectivity index is 0.00000306. The molecule has 33 heavy (non-hydrogen) atoms. The molecule has 0 bridgehead atoms. The van der Waals surface area contributed by atoms with Crippen LogP contribution in [-0.4, -0.2) is 51.7 Å². The van der Waals surface area contributed by atoms with Gasteiger partial charge in [-0.1, -0.05) is 42.7 Å². The lowest BCUT2D eigenvalue weighted by atomic mass is 9.92. The average Bonchev–Trinajstić information content (AvgIpc) is 3.18. The van der Waals surface area contributed by atoms with Gasteiger partial charge in [0, 0.05) is 30.2 Å². The van der Waals surface area contributed by atoms with Crippen LogP contribution in [0.3, 0.4) is 0 Å². The van der Waals surface area contributed by atoms with Crippen LogP contribution in [0, 0.1) is 11.8 Å². The first kappa shape index (κ1) is 25.2. The van der Waals surface area contributed by atoms with Crippen LogP contribution in [0.1, 0.15) is 26.7 Å². The van der Waals surface area contributed by atoms with Crippen LogP contribution in [0.4, 0.5) is 0 Å². The molecule has 10 heteroatoms. The highest BCUT2D eigenvalue weighted by Gasteiger charge is 2.21. The number of carbonyl (C=O) groups is 1. The van der Waals surface area contributed by atoms with Gasteiger partial charge in [0.05, 0.1) is 0 Å². The van der Waals surface area contributed by atoms with E-state index in [2.05, 4.69) is 34.2 Å². The second-order valence-corrected chi connectivity index (χ2v) is 9.24. The van der Waals surface area contributed by atoms with E-state index in [9.17, 15) is 9.59 Å². The minimum Gasteiger partial charge on any atom is -0.354 e. The van der Waals surface area contributed by atoms with Crippen molar-refractivity contribution in [3.05, 3.63) is 46.0 Å². The number of carbonyl (C=O) groups excluding carboxylic acids is 1. The number of nitrogens with zero attached hydrogens (tertiary/aromatic N) is 4. The molecule has 1 fully saturated rings. The van der Waals surface area contributed by atoms with Gasteiger partial charge in [-0.3, -0.25) is 14.2 Å². The summed E-state index contributed by atoms with van der Waals surface area (Å²) in [6.45, 7) is 8.26. The number of hydrogen-bond acceptors (Lipinski definition) is 6. The maximum atomic E-state index is 13.0. The van der Waals surface area contributed by atoms with Crippen molar-refractivity contribution >= 4 is 41.0 Å². The van der Waals surface area contributed by atoms with Gasteiger partial charge in [0.1, 0.15) is 24.0 Å². The van der Waals surface area contributed by atoms with E-state index >= 15 is 0 Å². The molecule has 1 amide bonds. The number of halogens is 2. The summed E-state index contributed by atoms with van der Waals surface area (Å²) in [6, 6.07) is 6.94. The Bertz CT molecular complexity index is 1140. The Kier molecular flexibility index (Phi) is 8.51. The third-order valence-corrected chi connectivity index (χ3v) is 6.06. The third kappa shape index (κ3) is 6.13. The van der Waals surface area contributed by atoms with Gasteiger partial charge in [-0.2, -0.15) is 0 Å². The lowest BCUT2D eigenvalue weighted by molar-refractivity contribution is -0.121. The maximum Gasteiger partial charge on any atom is 0.267 e. The summed E-state index contributed by atoms with van der Waals surface area (Å²) in [5.41, 5.74) is 0.846. The fourth-order valence-electron chi connectivity index (χ4n) is 4.51. The molecule has 1 aliphatic rings. The average molecular weight is 494 g/mol. The highest BCUT2D eigenvalue weighted by atomic mass is 35.5. The number of hydrogen-bond donors (Lipinski definition) is 1. The van der Waals surface area contributed by atoms with E-state index in [1.165, 1.54) is 17.3 Å². The smallest absolute Gasteiger partial charge is 0.267 e. The number of nitrogens with one attached hydrogen (secondary N) is 1. The van der Waals surface area contributed by atoms with Gasteiger partial charge in [-0.15, -0.1) is 12.4 Å². The van der Waals surface area contributed by atoms with Crippen molar-refractivity contribution in [1.82, 2.24) is 24.9 Å². The third-order valence-electron chi connectivity index (χ3n) is 5.81. The highest BCUT2D eigenvalue weighted by Crippen LogP contribution is 2.25. The predicted molar refractivity (Wildman–Crippen MR) is 131 cm³/mol. The van der Waals surface area contributed by atoms with Crippen LogP contribution in [0.2, 0.25) is 5.02 Å². The first-order valence-corrected chi connectivity index (χ1v) is 11.4. The van der Waals surface area contributed by atoms with Gasteiger partial charge < -0.3 is 14.7 Å². The lowest BCUT2D eigenvalue weighted by Crippen LogP contribution is -2.40. The SMILES string of the molecule is CC1CC(C)CN(CCCNC(=O)Cn2cnc3onc(-c4ccc(Cl)cc4)c3c2=O)C1.Cl. The quantitative estimate of drug-likeness (QED) is 0.505. The molecule has 0 saturated carbocycles. The highest BCUT2D eigenvalue weighted by molar-refractivity contribution is 6.30. The number of amides is 1. The number of rotatable bonds is 7. The monoisotopic (exact) mass is 493 g/mol. The number of fused-ring (bicyclic) bond motifs is 1. The van der Waals surface area contributed by atoms with Crippen LogP contribution in [0.25, 0.3) is 22.4 Å². The van der Waals surface area contributed by atoms with E-state index in [1.54, 1.807) is 24.3 Å². The summed E-state index contributed by atoms with van der Waals surface area (Å²) in [6.07, 6.45) is 3.48. The van der Waals surface area contributed by atoms with Gasteiger partial charge in [-0.25, -0.2) is 4.98 Å². The summed E-state index contributed by atoms with van der Waals surface area (Å²) in [5, 5.41) is 7.73. The Labute approximate surface area is 203 Å². The summed E-state index contributed by atoms with van der Waals surface area (Å²) in [4.78, 5) is 32.0. The van der Waals surface area contributed by atoms with E-state index in [-0.39, 0.29) is 41.5 Å². The number of aromatic nitrogens is 3. The van der Waals surface area contributed by atoms with Crippen molar-refractivity contribution in [3.8, 4) is 11.3 Å². The standard InChI is InChI=1S/C23H28ClN5O3.ClH/c1-15-10-16(2)12-28(11-15)9-3-8-25-19(30)13-29-14-26-22-20(23(29)31)21(27-32-22)17-4-6-18(24)7-5-17;/h4-7,14-16H,3,8-13H2,1-2H3,(H,25,30);1H. The van der Waals surface area contributed by atoms with Crippen LogP contribution in [0.15, 0.2) is 39.9 Å². The molecular weight excluding hydrogens is 465 g/mol. The first-order valence-electron chi connectivity index (χ1n) is 11.0. The molecule has 1 aromatic carbocycles. The van der Waals surface area contributed by atoms with Gasteiger partial charge >= 0.3 is 0 Å². The van der Waals surface area contributed by atoms with E-state index in [1.807, 2.05) is 0 Å². The first-order chi connectivity index (χ1) is 15.4. The Morgan fingerprint density at radius 1 is 1.21 bits per heavy atom. The number of piperidine rings is 1. The predicted octanol–water partition coefficient (Wildman–Crippen LogP) is 3.61. The van der Waals surface area contributed by atoms with E-state index < -0.39 is 0 Å². The zero-order chi connectivity index (χ0) is 22.7. The molecule has 1 N–H and O–H groups in total. The maximum absolute atomic E-state index is 13.0. The van der Waals surface area contributed by atoms with E-state index in [4.69, 9.17) is 16.1 Å². The lowest BCUT2D eigenvalue weighted by Gasteiger charge is -2.34. The van der Waals surface area contributed by atoms with Crippen LogP contribution < -0.4 is 10.9 Å². The fourth-order valence-corrected chi connectivity index (χ4v) is 4.64. The number of benzene rings is 1. The molecule has 4 rings (SSSR count). The normalized spacial score (nSPS) is 18.8. The Hall–Kier alpha value is -2.42. The molecular formula is C23H29Cl2N5O3. The van der Waals surface area contributed by atoms with Crippen molar-refractivity contribution in [2.45, 2.75) is 33.2 Å². The largest absolute Gasteiger partial charge is 0.354 e. The minimum atomic E-state index is -0.368. The molecule has 0 spiro atoms. The van der Waals surface area contributed by atoms with Crippen LogP contribution >= 0.6 is 24.0 Å². The molecule has 1 aliphatic heterocycles. The summed E-state index contributed by atoms with van der Waals surface area (Å²) < 4.78 is 6.49. The summed E-state index contributed by atoms with van der Waals surface area (Å²) in [7, 11) is 0. The van der Waals surface area contributed by atoms with Crippen molar-refractivity contribution in [1.29, 1.82) is 0 Å². The molecule has 1 saturated heterocycles. The second-order valence-electron chi connectivity index (χ2n) is 8.80. The fraction of sp³-hybridized carbons (Fsp3) is 0.478. The zero-order valence-electron chi connectivity index (χ0n) is 18.8. The van der Waals surface area contributed by atoms with Crippen molar-refractivity contribution in [3.63, 3.8) is 0 Å². The molecule has 0 aliphatic carbocycles. The summed E-state index contributed by atoms with van der Waals surface area (Å²) >= 11 is 5.94. The topological polar surface area (TPSA) is 93.3 Å². The van der Waals surface area contributed by atoms with Gasteiger partial charge in [0.25, 0.3) is 11.3 Å². The Morgan fingerprint density at radius 2 is 1.91 bits per heavy atom. The summed E-state index contributed by atoms with van der Waals surface area (Å²) in [5.74, 6) is 1.22. The van der Waals surface area contributed by atoms with Crippen molar-refractivity contribution < 1.29 is 9.32 Å². The molecule has 2 aromatic heterocycles. The number of likely N-dealkylation sites (tertiary alicyclic amines) is 1. The molecule has 2 unspecified atom stereocenters. The molecule has 2 atom stereocenters. The van der Waals surface area contributed by atoms with Crippen LogP contribution in [0.5, 0.6) is 0 Å². The molecule has 8 nitrogen and oxygen atoms in total. The van der Waals surface area contributed by atoms with Gasteiger partial charge in [-0.05, 0) is 43.4 Å². The second kappa shape index (κ2) is 11.1. The van der Waals surface area contributed by atoms with Crippen molar-refractivity contribution in [2.75, 3.05) is 26.2 Å². The minimum absolute atomic E-state index is 0. The zero-order valence-corrected chi connectivity index (χ0v) is 20.4. The molecule has 3 aromatic rings. The van der Waals surface area contributed by atoms with Gasteiger partial charge in [0.15, 0.2) is 0 Å². The Morgan fingerprint density at radius 3 is 2.61 bits per heavy atom. The van der Waals surface area contributed by atoms with Crippen LogP contribution in [-0.2, 0) is 11.3 Å². The molecule has 3 heterocycles.